The van der Waals surface area contributed by atoms with E-state index in [2.05, 4.69) is 6.92 Å². The van der Waals surface area contributed by atoms with Crippen molar-refractivity contribution in [3.63, 3.8) is 0 Å². The van der Waals surface area contributed by atoms with Crippen LogP contribution in [0.4, 0.5) is 0 Å². The quantitative estimate of drug-likeness (QED) is 0.401. The van der Waals surface area contributed by atoms with Crippen molar-refractivity contribution in [3.05, 3.63) is 30.7 Å². The van der Waals surface area contributed by atoms with Gasteiger partial charge in [0.1, 0.15) is 0 Å². The van der Waals surface area contributed by atoms with Crippen LogP contribution in [0.3, 0.4) is 0 Å². The van der Waals surface area contributed by atoms with Crippen LogP contribution in [-0.2, 0) is 0 Å². The normalized spacial score (nSPS) is 8.50. The average Bonchev–Trinajstić information content (AvgIpc) is 2.03. The first kappa shape index (κ1) is 11.3. The molecule has 1 rings (SSSR count). The summed E-state index contributed by atoms with van der Waals surface area (Å²) in [6, 6.07) is 5.51. The third-order valence-corrected chi connectivity index (χ3v) is 1.41. The molecule has 0 atom stereocenters. The van der Waals surface area contributed by atoms with Gasteiger partial charge in [-0.3, -0.25) is 0 Å². The van der Waals surface area contributed by atoms with Crippen molar-refractivity contribution in [2.45, 2.75) is 0 Å². The fourth-order valence-electron chi connectivity index (χ4n) is 0.866. The van der Waals surface area contributed by atoms with Crippen molar-refractivity contribution in [3.8, 4) is 11.5 Å². The number of benzene rings is 1. The summed E-state index contributed by atoms with van der Waals surface area (Å²) < 4.78 is 10.0. The Kier molecular flexibility index (Phi) is 4.73. The Labute approximate surface area is 85.1 Å². The van der Waals surface area contributed by atoms with Gasteiger partial charge in [-0.1, -0.05) is 0 Å². The van der Waals surface area contributed by atoms with Gasteiger partial charge in [0.25, 0.3) is 0 Å². The maximum atomic E-state index is 5.02. The standard InChI is InChI=1S/C9H11O2.Li/c1-7-4-8(10-2)6-9(5-7)11-3;/h4-6H,1H2,2-3H3;/q-1;+1. The van der Waals surface area contributed by atoms with Crippen LogP contribution < -0.4 is 28.3 Å². The summed E-state index contributed by atoms with van der Waals surface area (Å²) in [6.07, 6.45) is 0. The topological polar surface area (TPSA) is 18.5 Å². The SMILES string of the molecule is [CH2-]c1cc(OC)cc(OC)c1.[Li+]. The number of hydrogen-bond donors (Lipinski definition) is 0. The van der Waals surface area contributed by atoms with Crippen LogP contribution in [0.2, 0.25) is 0 Å². The Morgan fingerprint density at radius 2 is 1.42 bits per heavy atom. The van der Waals surface area contributed by atoms with Crippen LogP contribution in [0.1, 0.15) is 5.56 Å². The van der Waals surface area contributed by atoms with Gasteiger partial charge in [0.15, 0.2) is 0 Å². The van der Waals surface area contributed by atoms with Gasteiger partial charge in [0.05, 0.1) is 25.7 Å². The summed E-state index contributed by atoms with van der Waals surface area (Å²) in [5, 5.41) is 0. The van der Waals surface area contributed by atoms with Crippen LogP contribution in [-0.4, -0.2) is 14.2 Å². The second-order valence-electron chi connectivity index (χ2n) is 2.22. The zero-order valence-electron chi connectivity index (χ0n) is 7.76. The molecule has 0 bridgehead atoms. The molecule has 3 heteroatoms. The fraction of sp³-hybridized carbons (Fsp3) is 0.222. The number of rotatable bonds is 2. The minimum atomic E-state index is 0. The van der Waals surface area contributed by atoms with Gasteiger partial charge in [-0.2, -0.15) is 12.5 Å². The molecule has 1 aromatic carbocycles. The maximum Gasteiger partial charge on any atom is 1.00 e. The Morgan fingerprint density at radius 3 is 1.75 bits per heavy atom. The molecule has 0 spiro atoms. The van der Waals surface area contributed by atoms with E-state index in [0.29, 0.717) is 0 Å². The van der Waals surface area contributed by atoms with Crippen molar-refractivity contribution in [2.75, 3.05) is 14.2 Å². The Bertz CT molecular complexity index is 226. The van der Waals surface area contributed by atoms with Crippen molar-refractivity contribution < 1.29 is 28.3 Å². The van der Waals surface area contributed by atoms with Gasteiger partial charge < -0.3 is 9.47 Å². The van der Waals surface area contributed by atoms with Crippen LogP contribution >= 0.6 is 0 Å². The van der Waals surface area contributed by atoms with Crippen molar-refractivity contribution in [1.29, 1.82) is 0 Å². The van der Waals surface area contributed by atoms with E-state index < -0.39 is 0 Å². The minimum absolute atomic E-state index is 0. The molecule has 0 N–H and O–H groups in total. The largest absolute Gasteiger partial charge is 1.00 e. The van der Waals surface area contributed by atoms with Gasteiger partial charge in [0, 0.05) is 0 Å². The van der Waals surface area contributed by atoms with Crippen LogP contribution in [0.25, 0.3) is 0 Å². The van der Waals surface area contributed by atoms with E-state index in [1.54, 1.807) is 14.2 Å². The van der Waals surface area contributed by atoms with Crippen molar-refractivity contribution in [1.82, 2.24) is 0 Å². The number of ether oxygens (including phenoxy) is 2. The molecule has 0 amide bonds. The van der Waals surface area contributed by atoms with Gasteiger partial charge in [-0.05, 0) is 6.07 Å². The summed E-state index contributed by atoms with van der Waals surface area (Å²) in [7, 11) is 3.24. The summed E-state index contributed by atoms with van der Waals surface area (Å²) >= 11 is 0. The fourth-order valence-corrected chi connectivity index (χ4v) is 0.866. The Morgan fingerprint density at radius 1 is 1.00 bits per heavy atom. The Balaban J connectivity index is 0.00000121. The molecule has 0 heterocycles. The molecule has 0 aliphatic carbocycles. The van der Waals surface area contributed by atoms with E-state index >= 15 is 0 Å². The first-order valence-electron chi connectivity index (χ1n) is 3.31. The van der Waals surface area contributed by atoms with E-state index in [-0.39, 0.29) is 18.9 Å². The van der Waals surface area contributed by atoms with Crippen LogP contribution in [0.5, 0.6) is 11.5 Å². The molecule has 0 fully saturated rings. The van der Waals surface area contributed by atoms with E-state index in [0.717, 1.165) is 17.1 Å². The van der Waals surface area contributed by atoms with E-state index in [1.165, 1.54) is 0 Å². The molecule has 0 saturated carbocycles. The minimum Gasteiger partial charge on any atom is -0.509 e. The first-order valence-corrected chi connectivity index (χ1v) is 3.31. The number of methoxy groups -OCH3 is 2. The molecule has 1 aromatic rings. The first-order chi connectivity index (χ1) is 5.26. The van der Waals surface area contributed by atoms with Gasteiger partial charge in [0.2, 0.25) is 0 Å². The molecule has 60 valence electrons. The summed E-state index contributed by atoms with van der Waals surface area (Å²) in [6.45, 7) is 3.78. The predicted octanol–water partition coefficient (Wildman–Crippen LogP) is -1.11. The van der Waals surface area contributed by atoms with Gasteiger partial charge in [-0.15, -0.1) is 12.1 Å². The van der Waals surface area contributed by atoms with Gasteiger partial charge in [-0.25, -0.2) is 0 Å². The molecule has 2 nitrogen and oxygen atoms in total. The summed E-state index contributed by atoms with van der Waals surface area (Å²) in [5.41, 5.74) is 0.890. The average molecular weight is 158 g/mol. The number of hydrogen-bond acceptors (Lipinski definition) is 2. The van der Waals surface area contributed by atoms with E-state index in [9.17, 15) is 0 Å². The predicted molar refractivity (Wildman–Crippen MR) is 44.0 cm³/mol. The zero-order chi connectivity index (χ0) is 8.27. The second-order valence-corrected chi connectivity index (χ2v) is 2.22. The molecule has 0 radical (unpaired) electrons. The maximum absolute atomic E-state index is 5.02. The third-order valence-electron chi connectivity index (χ3n) is 1.41. The molecule has 0 aliphatic rings. The van der Waals surface area contributed by atoms with Crippen LogP contribution in [0, 0.1) is 6.92 Å². The summed E-state index contributed by atoms with van der Waals surface area (Å²) in [4.78, 5) is 0. The van der Waals surface area contributed by atoms with Crippen LogP contribution in [0.15, 0.2) is 18.2 Å². The van der Waals surface area contributed by atoms with E-state index in [4.69, 9.17) is 9.47 Å². The second kappa shape index (κ2) is 5.03. The smallest absolute Gasteiger partial charge is 0.509 e. The monoisotopic (exact) mass is 158 g/mol. The molecule has 0 saturated heterocycles. The molecule has 0 unspecified atom stereocenters. The third kappa shape index (κ3) is 2.73. The molecule has 0 aliphatic heterocycles. The molecule has 0 aromatic heterocycles. The molecular weight excluding hydrogens is 147 g/mol. The van der Waals surface area contributed by atoms with E-state index in [1.807, 2.05) is 18.2 Å². The van der Waals surface area contributed by atoms with Crippen molar-refractivity contribution >= 4 is 0 Å². The molecular formula is C9H11LiO2. The summed E-state index contributed by atoms with van der Waals surface area (Å²) in [5.74, 6) is 1.55. The molecule has 12 heavy (non-hydrogen) atoms. The Hall–Kier alpha value is -0.713. The zero-order valence-corrected chi connectivity index (χ0v) is 7.76. The van der Waals surface area contributed by atoms with Crippen molar-refractivity contribution in [2.24, 2.45) is 0 Å². The van der Waals surface area contributed by atoms with Gasteiger partial charge >= 0.3 is 18.9 Å².